The van der Waals surface area contributed by atoms with E-state index in [2.05, 4.69) is 62.4 Å². The Kier molecular flexibility index (Phi) is 4.29. The third kappa shape index (κ3) is 2.63. The Bertz CT molecular complexity index is 579. The summed E-state index contributed by atoms with van der Waals surface area (Å²) in [7, 11) is 4.01. The first-order chi connectivity index (χ1) is 9.45. The third-order valence-electron chi connectivity index (χ3n) is 4.08. The lowest BCUT2D eigenvalue weighted by Crippen LogP contribution is -2.19. The molecule has 0 radical (unpaired) electrons. The molecule has 2 aromatic rings. The van der Waals surface area contributed by atoms with Crippen molar-refractivity contribution in [3.05, 3.63) is 52.3 Å². The van der Waals surface area contributed by atoms with Crippen LogP contribution >= 0.6 is 0 Å². The van der Waals surface area contributed by atoms with Crippen LogP contribution in [0.1, 0.15) is 53.9 Å². The zero-order valence-electron chi connectivity index (χ0n) is 13.4. The quantitative estimate of drug-likeness (QED) is 0.922. The van der Waals surface area contributed by atoms with Crippen molar-refractivity contribution >= 4 is 0 Å². The molecule has 0 bridgehead atoms. The van der Waals surface area contributed by atoms with Crippen LogP contribution in [0.2, 0.25) is 0 Å². The van der Waals surface area contributed by atoms with Gasteiger partial charge in [0.25, 0.3) is 0 Å². The Hall–Kier alpha value is -1.61. The molecule has 1 heterocycles. The lowest BCUT2D eigenvalue weighted by molar-refractivity contribution is 0.677. The fourth-order valence-corrected chi connectivity index (χ4v) is 2.76. The molecule has 0 saturated heterocycles. The van der Waals surface area contributed by atoms with Crippen molar-refractivity contribution in [2.45, 2.75) is 39.7 Å². The SMILES string of the molecule is CNC(c1ccc(C(C)C)cc1)c1c(C)nn(C)c1C. The molecule has 0 saturated carbocycles. The molecule has 1 aromatic carbocycles. The molecule has 1 unspecified atom stereocenters. The van der Waals surface area contributed by atoms with Crippen molar-refractivity contribution in [2.24, 2.45) is 7.05 Å². The van der Waals surface area contributed by atoms with Crippen LogP contribution in [0.4, 0.5) is 0 Å². The molecule has 0 aliphatic carbocycles. The molecule has 3 nitrogen and oxygen atoms in total. The molecular formula is C17H25N3. The first kappa shape index (κ1) is 14.8. The number of nitrogens with one attached hydrogen (secondary N) is 1. The average Bonchev–Trinajstić information content (AvgIpc) is 2.67. The molecule has 1 aromatic heterocycles. The summed E-state index contributed by atoms with van der Waals surface area (Å²) in [4.78, 5) is 0. The number of aryl methyl sites for hydroxylation is 2. The van der Waals surface area contributed by atoms with Crippen molar-refractivity contribution in [3.63, 3.8) is 0 Å². The molecule has 0 aliphatic heterocycles. The minimum atomic E-state index is 0.199. The van der Waals surface area contributed by atoms with Crippen LogP contribution in [0, 0.1) is 13.8 Å². The van der Waals surface area contributed by atoms with Gasteiger partial charge in [-0.15, -0.1) is 0 Å². The van der Waals surface area contributed by atoms with Crippen LogP contribution in [-0.2, 0) is 7.05 Å². The van der Waals surface area contributed by atoms with E-state index < -0.39 is 0 Å². The van der Waals surface area contributed by atoms with Crippen LogP contribution < -0.4 is 5.32 Å². The van der Waals surface area contributed by atoms with Crippen molar-refractivity contribution in [2.75, 3.05) is 7.05 Å². The highest BCUT2D eigenvalue weighted by atomic mass is 15.3. The number of hydrogen-bond acceptors (Lipinski definition) is 2. The summed E-state index contributed by atoms with van der Waals surface area (Å²) in [5.41, 5.74) is 6.26. The Morgan fingerprint density at radius 2 is 1.60 bits per heavy atom. The predicted molar refractivity (Wildman–Crippen MR) is 84.1 cm³/mol. The van der Waals surface area contributed by atoms with Gasteiger partial charge >= 0.3 is 0 Å². The fraction of sp³-hybridized carbons (Fsp3) is 0.471. The summed E-state index contributed by atoms with van der Waals surface area (Å²) in [6.45, 7) is 8.65. The van der Waals surface area contributed by atoms with E-state index >= 15 is 0 Å². The summed E-state index contributed by atoms with van der Waals surface area (Å²) in [6.07, 6.45) is 0. The van der Waals surface area contributed by atoms with Crippen LogP contribution in [0.5, 0.6) is 0 Å². The molecule has 0 amide bonds. The molecular weight excluding hydrogens is 246 g/mol. The van der Waals surface area contributed by atoms with Gasteiger partial charge < -0.3 is 5.32 Å². The molecule has 108 valence electrons. The summed E-state index contributed by atoms with van der Waals surface area (Å²) in [6, 6.07) is 9.10. The molecule has 0 fully saturated rings. The van der Waals surface area contributed by atoms with Gasteiger partial charge in [0.2, 0.25) is 0 Å². The molecule has 3 heteroatoms. The summed E-state index contributed by atoms with van der Waals surface area (Å²) in [5.74, 6) is 0.568. The Labute approximate surface area is 122 Å². The zero-order chi connectivity index (χ0) is 14.9. The van der Waals surface area contributed by atoms with Gasteiger partial charge in [-0.2, -0.15) is 5.10 Å². The van der Waals surface area contributed by atoms with E-state index in [0.29, 0.717) is 5.92 Å². The Morgan fingerprint density at radius 3 is 2.00 bits per heavy atom. The molecule has 1 atom stereocenters. The topological polar surface area (TPSA) is 29.9 Å². The van der Waals surface area contributed by atoms with Gasteiger partial charge in [0.05, 0.1) is 11.7 Å². The van der Waals surface area contributed by atoms with E-state index in [1.807, 2.05) is 18.8 Å². The van der Waals surface area contributed by atoms with E-state index in [9.17, 15) is 0 Å². The maximum Gasteiger partial charge on any atom is 0.0647 e. The largest absolute Gasteiger partial charge is 0.309 e. The number of nitrogens with zero attached hydrogens (tertiary/aromatic N) is 2. The van der Waals surface area contributed by atoms with Crippen molar-refractivity contribution in [3.8, 4) is 0 Å². The van der Waals surface area contributed by atoms with E-state index in [-0.39, 0.29) is 6.04 Å². The van der Waals surface area contributed by atoms with Crippen LogP contribution in [0.3, 0.4) is 0 Å². The van der Waals surface area contributed by atoms with Crippen LogP contribution in [-0.4, -0.2) is 16.8 Å². The molecule has 0 aliphatic rings. The smallest absolute Gasteiger partial charge is 0.0647 e. The monoisotopic (exact) mass is 271 g/mol. The van der Waals surface area contributed by atoms with Crippen LogP contribution in [0.15, 0.2) is 24.3 Å². The molecule has 0 spiro atoms. The highest BCUT2D eigenvalue weighted by Gasteiger charge is 2.20. The van der Waals surface area contributed by atoms with E-state index in [0.717, 1.165) is 5.69 Å². The van der Waals surface area contributed by atoms with Gasteiger partial charge in [-0.3, -0.25) is 4.68 Å². The number of hydrogen-bond donors (Lipinski definition) is 1. The summed E-state index contributed by atoms with van der Waals surface area (Å²) < 4.78 is 1.96. The fourth-order valence-electron chi connectivity index (χ4n) is 2.76. The Balaban J connectivity index is 2.42. The van der Waals surface area contributed by atoms with E-state index in [1.165, 1.54) is 22.4 Å². The van der Waals surface area contributed by atoms with Crippen molar-refractivity contribution < 1.29 is 0 Å². The maximum atomic E-state index is 4.53. The average molecular weight is 271 g/mol. The first-order valence-electron chi connectivity index (χ1n) is 7.23. The summed E-state index contributed by atoms with van der Waals surface area (Å²) in [5, 5.41) is 7.95. The van der Waals surface area contributed by atoms with Crippen molar-refractivity contribution in [1.29, 1.82) is 0 Å². The third-order valence-corrected chi connectivity index (χ3v) is 4.08. The van der Waals surface area contributed by atoms with E-state index in [1.54, 1.807) is 0 Å². The highest BCUT2D eigenvalue weighted by molar-refractivity contribution is 5.38. The van der Waals surface area contributed by atoms with Gasteiger partial charge in [-0.05, 0) is 37.9 Å². The predicted octanol–water partition coefficient (Wildman–Crippen LogP) is 3.47. The number of aromatic nitrogens is 2. The van der Waals surface area contributed by atoms with Gasteiger partial charge in [0.15, 0.2) is 0 Å². The van der Waals surface area contributed by atoms with E-state index in [4.69, 9.17) is 0 Å². The highest BCUT2D eigenvalue weighted by Crippen LogP contribution is 2.28. The number of rotatable bonds is 4. The van der Waals surface area contributed by atoms with Gasteiger partial charge in [-0.1, -0.05) is 38.1 Å². The van der Waals surface area contributed by atoms with Gasteiger partial charge in [-0.25, -0.2) is 0 Å². The molecule has 2 rings (SSSR count). The van der Waals surface area contributed by atoms with Gasteiger partial charge in [0, 0.05) is 18.3 Å². The second-order valence-electron chi connectivity index (χ2n) is 5.75. The number of benzene rings is 1. The first-order valence-corrected chi connectivity index (χ1v) is 7.23. The van der Waals surface area contributed by atoms with Crippen molar-refractivity contribution in [1.82, 2.24) is 15.1 Å². The standard InChI is InChI=1S/C17H25N3/c1-11(2)14-7-9-15(10-8-14)17(18-5)16-12(3)19-20(6)13(16)4/h7-11,17-18H,1-6H3. The second kappa shape index (κ2) is 5.80. The lowest BCUT2D eigenvalue weighted by Gasteiger charge is -2.18. The maximum absolute atomic E-state index is 4.53. The second-order valence-corrected chi connectivity index (χ2v) is 5.75. The molecule has 20 heavy (non-hydrogen) atoms. The van der Waals surface area contributed by atoms with Gasteiger partial charge in [0.1, 0.15) is 0 Å². The zero-order valence-corrected chi connectivity index (χ0v) is 13.4. The normalized spacial score (nSPS) is 12.9. The summed E-state index contributed by atoms with van der Waals surface area (Å²) >= 11 is 0. The lowest BCUT2D eigenvalue weighted by atomic mass is 9.94. The minimum Gasteiger partial charge on any atom is -0.309 e. The Morgan fingerprint density at radius 1 is 1.05 bits per heavy atom. The minimum absolute atomic E-state index is 0.199. The van der Waals surface area contributed by atoms with Crippen LogP contribution in [0.25, 0.3) is 0 Å². The molecule has 1 N–H and O–H groups in total.